The molecule has 3 N–H and O–H groups in total. The number of anilines is 1. The van der Waals surface area contributed by atoms with Crippen LogP contribution in [0.4, 0.5) is 18.9 Å². The summed E-state index contributed by atoms with van der Waals surface area (Å²) in [4.78, 5) is 19.3. The summed E-state index contributed by atoms with van der Waals surface area (Å²) in [6, 6.07) is 7.30. The van der Waals surface area contributed by atoms with Crippen LogP contribution in [0.3, 0.4) is 0 Å². The number of carbonyl (C=O) groups is 1. The van der Waals surface area contributed by atoms with E-state index in [-0.39, 0.29) is 28.2 Å². The first-order valence-corrected chi connectivity index (χ1v) is 6.98. The number of aromatic nitrogens is 2. The van der Waals surface area contributed by atoms with E-state index < -0.39 is 23.4 Å². The van der Waals surface area contributed by atoms with Gasteiger partial charge in [-0.05, 0) is 36.4 Å². The fourth-order valence-corrected chi connectivity index (χ4v) is 2.30. The normalized spacial score (nSPS) is 10.7. The fraction of sp³-hybridized carbons (Fsp3) is 0. The third kappa shape index (κ3) is 3.01. The maximum absolute atomic E-state index is 13.9. The minimum absolute atomic E-state index is 0.0652. The van der Waals surface area contributed by atoms with Gasteiger partial charge in [0.1, 0.15) is 0 Å². The van der Waals surface area contributed by atoms with Crippen LogP contribution in [0.5, 0.6) is 0 Å². The Labute approximate surface area is 139 Å². The second-order valence-corrected chi connectivity index (χ2v) is 5.10. The second kappa shape index (κ2) is 6.23. The summed E-state index contributed by atoms with van der Waals surface area (Å²) in [6.45, 7) is 0. The lowest BCUT2D eigenvalue weighted by Gasteiger charge is -2.09. The standard InChI is InChI=1S/C17H10F3N3O2/c18-12-4-3-10(14(19)15(12)20)16-22-6-5-13(23-16)11-7-8(21)1-2-9(11)17(24)25/h1-7H,21H2,(H,24,25). The average molecular weight is 345 g/mol. The lowest BCUT2D eigenvalue weighted by molar-refractivity contribution is 0.0697. The predicted molar refractivity (Wildman–Crippen MR) is 84.1 cm³/mol. The van der Waals surface area contributed by atoms with E-state index in [0.29, 0.717) is 5.69 Å². The van der Waals surface area contributed by atoms with Crippen LogP contribution in [0.15, 0.2) is 42.6 Å². The van der Waals surface area contributed by atoms with Gasteiger partial charge in [-0.15, -0.1) is 0 Å². The maximum atomic E-state index is 13.9. The van der Waals surface area contributed by atoms with Crippen molar-refractivity contribution in [2.45, 2.75) is 0 Å². The Bertz CT molecular complexity index is 993. The van der Waals surface area contributed by atoms with E-state index >= 15 is 0 Å². The highest BCUT2D eigenvalue weighted by Gasteiger charge is 2.18. The summed E-state index contributed by atoms with van der Waals surface area (Å²) in [6.07, 6.45) is 1.26. The second-order valence-electron chi connectivity index (χ2n) is 5.10. The van der Waals surface area contributed by atoms with Crippen molar-refractivity contribution in [1.82, 2.24) is 9.97 Å². The highest BCUT2D eigenvalue weighted by Crippen LogP contribution is 2.28. The number of rotatable bonds is 3. The van der Waals surface area contributed by atoms with Crippen molar-refractivity contribution < 1.29 is 23.1 Å². The van der Waals surface area contributed by atoms with E-state index in [1.54, 1.807) is 0 Å². The van der Waals surface area contributed by atoms with Gasteiger partial charge in [0, 0.05) is 17.4 Å². The molecule has 25 heavy (non-hydrogen) atoms. The van der Waals surface area contributed by atoms with Gasteiger partial charge in [0.2, 0.25) is 0 Å². The van der Waals surface area contributed by atoms with Gasteiger partial charge in [-0.2, -0.15) is 0 Å². The highest BCUT2D eigenvalue weighted by atomic mass is 19.2. The number of halogens is 3. The average Bonchev–Trinajstić information content (AvgIpc) is 2.59. The molecule has 0 amide bonds. The van der Waals surface area contributed by atoms with Crippen LogP contribution in [0.2, 0.25) is 0 Å². The van der Waals surface area contributed by atoms with E-state index in [0.717, 1.165) is 12.1 Å². The first kappa shape index (κ1) is 16.4. The molecule has 3 rings (SSSR count). The first-order valence-electron chi connectivity index (χ1n) is 6.98. The molecule has 1 aromatic heterocycles. The summed E-state index contributed by atoms with van der Waals surface area (Å²) in [7, 11) is 0. The lowest BCUT2D eigenvalue weighted by atomic mass is 10.0. The molecule has 0 aliphatic rings. The van der Waals surface area contributed by atoms with E-state index in [2.05, 4.69) is 9.97 Å². The molecular formula is C17H10F3N3O2. The Morgan fingerprint density at radius 2 is 1.76 bits per heavy atom. The Hall–Kier alpha value is -3.42. The lowest BCUT2D eigenvalue weighted by Crippen LogP contribution is -2.03. The molecule has 0 saturated heterocycles. The number of nitrogens with zero attached hydrogens (tertiary/aromatic N) is 2. The summed E-state index contributed by atoms with van der Waals surface area (Å²) in [5.41, 5.74) is 5.93. The van der Waals surface area contributed by atoms with Gasteiger partial charge < -0.3 is 10.8 Å². The molecule has 0 fully saturated rings. The number of carboxylic acids is 1. The molecule has 1 heterocycles. The molecular weight excluding hydrogens is 335 g/mol. The molecule has 0 bridgehead atoms. The molecule has 8 heteroatoms. The third-order valence-corrected chi connectivity index (χ3v) is 3.48. The van der Waals surface area contributed by atoms with Gasteiger partial charge in [-0.25, -0.2) is 27.9 Å². The maximum Gasteiger partial charge on any atom is 0.336 e. The molecule has 0 radical (unpaired) electrons. The van der Waals surface area contributed by atoms with E-state index in [4.69, 9.17) is 5.73 Å². The van der Waals surface area contributed by atoms with Crippen molar-refractivity contribution in [3.8, 4) is 22.6 Å². The van der Waals surface area contributed by atoms with E-state index in [1.807, 2.05) is 0 Å². The van der Waals surface area contributed by atoms with Gasteiger partial charge in [-0.3, -0.25) is 0 Å². The zero-order chi connectivity index (χ0) is 18.1. The van der Waals surface area contributed by atoms with Crippen molar-refractivity contribution in [2.24, 2.45) is 0 Å². The van der Waals surface area contributed by atoms with Crippen LogP contribution in [0, 0.1) is 17.5 Å². The zero-order valence-corrected chi connectivity index (χ0v) is 12.5. The quantitative estimate of drug-likeness (QED) is 0.560. The highest BCUT2D eigenvalue weighted by molar-refractivity contribution is 5.96. The largest absolute Gasteiger partial charge is 0.478 e. The van der Waals surface area contributed by atoms with Gasteiger partial charge in [0.15, 0.2) is 23.3 Å². The Morgan fingerprint density at radius 3 is 2.48 bits per heavy atom. The minimum atomic E-state index is -1.64. The molecule has 3 aromatic rings. The topological polar surface area (TPSA) is 89.1 Å². The molecule has 5 nitrogen and oxygen atoms in total. The Morgan fingerprint density at radius 1 is 1.00 bits per heavy atom. The van der Waals surface area contributed by atoms with Crippen LogP contribution in [0.1, 0.15) is 10.4 Å². The van der Waals surface area contributed by atoms with Crippen LogP contribution in [0.25, 0.3) is 22.6 Å². The molecule has 2 aromatic carbocycles. The van der Waals surface area contributed by atoms with Crippen LogP contribution in [-0.4, -0.2) is 21.0 Å². The molecule has 0 atom stereocenters. The Balaban J connectivity index is 2.18. The van der Waals surface area contributed by atoms with Crippen molar-refractivity contribution in [3.63, 3.8) is 0 Å². The van der Waals surface area contributed by atoms with Crippen molar-refractivity contribution in [1.29, 1.82) is 0 Å². The summed E-state index contributed by atoms with van der Waals surface area (Å²) < 4.78 is 40.4. The van der Waals surface area contributed by atoms with Gasteiger partial charge in [0.05, 0.1) is 16.8 Å². The SMILES string of the molecule is Nc1ccc(C(=O)O)c(-c2ccnc(-c3ccc(F)c(F)c3F)n2)c1. The zero-order valence-electron chi connectivity index (χ0n) is 12.5. The van der Waals surface area contributed by atoms with E-state index in [1.165, 1.54) is 30.5 Å². The van der Waals surface area contributed by atoms with Crippen LogP contribution >= 0.6 is 0 Å². The van der Waals surface area contributed by atoms with Gasteiger partial charge >= 0.3 is 5.97 Å². The molecule has 0 aliphatic heterocycles. The monoisotopic (exact) mass is 345 g/mol. The molecule has 0 aliphatic carbocycles. The number of aromatic carboxylic acids is 1. The smallest absolute Gasteiger partial charge is 0.336 e. The molecule has 0 unspecified atom stereocenters. The number of hydrogen-bond donors (Lipinski definition) is 2. The molecule has 0 spiro atoms. The number of hydrogen-bond acceptors (Lipinski definition) is 4. The van der Waals surface area contributed by atoms with E-state index in [9.17, 15) is 23.1 Å². The number of benzene rings is 2. The predicted octanol–water partition coefficient (Wildman–Crippen LogP) is 3.51. The van der Waals surface area contributed by atoms with Gasteiger partial charge in [0.25, 0.3) is 0 Å². The van der Waals surface area contributed by atoms with Gasteiger partial charge in [-0.1, -0.05) is 0 Å². The van der Waals surface area contributed by atoms with Crippen molar-refractivity contribution in [2.75, 3.05) is 5.73 Å². The first-order chi connectivity index (χ1) is 11.9. The Kier molecular flexibility index (Phi) is 4.10. The van der Waals surface area contributed by atoms with Crippen LogP contribution < -0.4 is 5.73 Å². The van der Waals surface area contributed by atoms with Crippen LogP contribution in [-0.2, 0) is 0 Å². The van der Waals surface area contributed by atoms with Crippen molar-refractivity contribution >= 4 is 11.7 Å². The summed E-state index contributed by atoms with van der Waals surface area (Å²) in [5.74, 6) is -5.81. The molecule has 0 saturated carbocycles. The fourth-order valence-electron chi connectivity index (χ4n) is 2.30. The summed E-state index contributed by atoms with van der Waals surface area (Å²) >= 11 is 0. The third-order valence-electron chi connectivity index (χ3n) is 3.48. The molecule has 126 valence electrons. The number of nitrogens with two attached hydrogens (primary N) is 1. The summed E-state index contributed by atoms with van der Waals surface area (Å²) in [5, 5.41) is 9.28. The number of nitrogen functional groups attached to an aromatic ring is 1. The number of carboxylic acid groups (broad SMARTS) is 1. The minimum Gasteiger partial charge on any atom is -0.478 e. The van der Waals surface area contributed by atoms with Crippen molar-refractivity contribution in [3.05, 3.63) is 65.6 Å².